The van der Waals surface area contributed by atoms with E-state index in [4.69, 9.17) is 11.0 Å². The summed E-state index contributed by atoms with van der Waals surface area (Å²) >= 11 is 1.64. The minimum absolute atomic E-state index is 0.0413. The quantitative estimate of drug-likeness (QED) is 0.222. The molecule has 3 aromatic rings. The van der Waals surface area contributed by atoms with Crippen molar-refractivity contribution in [2.45, 2.75) is 37.6 Å². The number of thiophene rings is 1. The Morgan fingerprint density at radius 1 is 1.29 bits per heavy atom. The molecule has 1 atom stereocenters. The largest absolute Gasteiger partial charge is 0.370 e. The summed E-state index contributed by atoms with van der Waals surface area (Å²) in [5.74, 6) is 6.30. The molecule has 178 valence electrons. The van der Waals surface area contributed by atoms with Gasteiger partial charge in [-0.05, 0) is 49.8 Å². The van der Waals surface area contributed by atoms with Crippen LogP contribution in [0.3, 0.4) is 0 Å². The number of nitriles is 1. The number of nitrogens with two attached hydrogens (primary N) is 1. The standard InChI is InChI=1S/C18H21N5S.C10H9N/c1-5-7-14-10-16(21-12-20-14)13-9-17(24-11-13)15(8-6-2)22-18(19)23(3)4;11-8-10(6-7-10)9-4-2-1-3-5-9/h6,9-12,15H,2,8H2,1,3-4H3,(H2,19,22);1-5H,6-7H2. The van der Waals surface area contributed by atoms with Crippen molar-refractivity contribution in [3.8, 4) is 29.2 Å². The molecule has 1 unspecified atom stereocenters. The first-order chi connectivity index (χ1) is 16.9. The van der Waals surface area contributed by atoms with Gasteiger partial charge in [-0.3, -0.25) is 0 Å². The van der Waals surface area contributed by atoms with Crippen molar-refractivity contribution < 1.29 is 0 Å². The Labute approximate surface area is 211 Å². The van der Waals surface area contributed by atoms with E-state index in [0.29, 0.717) is 11.7 Å². The van der Waals surface area contributed by atoms with E-state index >= 15 is 0 Å². The zero-order valence-electron chi connectivity index (χ0n) is 20.4. The van der Waals surface area contributed by atoms with Gasteiger partial charge in [0, 0.05) is 29.9 Å². The van der Waals surface area contributed by atoms with E-state index in [9.17, 15) is 0 Å². The molecule has 1 aliphatic carbocycles. The molecule has 0 aliphatic heterocycles. The predicted molar refractivity (Wildman–Crippen MR) is 144 cm³/mol. The molecule has 0 radical (unpaired) electrons. The van der Waals surface area contributed by atoms with E-state index in [-0.39, 0.29) is 11.5 Å². The maximum absolute atomic E-state index is 8.86. The fourth-order valence-corrected chi connectivity index (χ4v) is 4.34. The number of hydrogen-bond donors (Lipinski definition) is 1. The van der Waals surface area contributed by atoms with Gasteiger partial charge in [0.25, 0.3) is 0 Å². The average Bonchev–Trinajstić information content (AvgIpc) is 3.53. The molecule has 1 aromatic carbocycles. The molecular weight excluding hydrogens is 452 g/mol. The molecule has 1 fully saturated rings. The first-order valence-corrected chi connectivity index (χ1v) is 12.2. The van der Waals surface area contributed by atoms with Crippen LogP contribution >= 0.6 is 11.3 Å². The minimum atomic E-state index is -0.110. The normalized spacial score (nSPS) is 14.3. The van der Waals surface area contributed by atoms with Gasteiger partial charge in [-0.1, -0.05) is 42.3 Å². The van der Waals surface area contributed by atoms with Crippen LogP contribution in [0.25, 0.3) is 11.3 Å². The van der Waals surface area contributed by atoms with Gasteiger partial charge in [-0.25, -0.2) is 15.0 Å². The van der Waals surface area contributed by atoms with Crippen LogP contribution in [0, 0.1) is 23.2 Å². The number of hydrogen-bond acceptors (Lipinski definition) is 5. The molecule has 4 rings (SSSR count). The Hall–Kier alpha value is -3.94. The maximum atomic E-state index is 8.86. The highest BCUT2D eigenvalue weighted by molar-refractivity contribution is 7.10. The third-order valence-corrected chi connectivity index (χ3v) is 6.62. The second kappa shape index (κ2) is 12.0. The molecule has 0 saturated heterocycles. The number of aromatic nitrogens is 2. The van der Waals surface area contributed by atoms with Crippen LogP contribution in [0.15, 0.2) is 71.8 Å². The number of rotatable bonds is 6. The van der Waals surface area contributed by atoms with Crippen molar-refractivity contribution in [3.05, 3.63) is 83.0 Å². The van der Waals surface area contributed by atoms with Crippen LogP contribution in [-0.4, -0.2) is 34.9 Å². The number of benzene rings is 1. The van der Waals surface area contributed by atoms with Gasteiger partial charge in [-0.15, -0.1) is 17.9 Å². The summed E-state index contributed by atoms with van der Waals surface area (Å²) < 4.78 is 0. The third kappa shape index (κ3) is 6.79. The average molecular weight is 483 g/mol. The lowest BCUT2D eigenvalue weighted by Gasteiger charge is -2.15. The molecule has 6 nitrogen and oxygen atoms in total. The lowest BCUT2D eigenvalue weighted by atomic mass is 9.98. The summed E-state index contributed by atoms with van der Waals surface area (Å²) in [5.41, 5.74) is 9.64. The van der Waals surface area contributed by atoms with Crippen LogP contribution in [0.4, 0.5) is 0 Å². The van der Waals surface area contributed by atoms with Crippen molar-refractivity contribution in [3.63, 3.8) is 0 Å². The van der Waals surface area contributed by atoms with Gasteiger partial charge in [0.15, 0.2) is 5.96 Å². The fourth-order valence-electron chi connectivity index (χ4n) is 3.39. The van der Waals surface area contributed by atoms with E-state index in [1.165, 1.54) is 11.9 Å². The zero-order chi connectivity index (χ0) is 25.3. The topological polar surface area (TPSA) is 91.2 Å². The van der Waals surface area contributed by atoms with Gasteiger partial charge >= 0.3 is 0 Å². The van der Waals surface area contributed by atoms with Gasteiger partial charge in [0.1, 0.15) is 12.0 Å². The SMILES string of the molecule is C=CCC(N=C(N)N(C)C)c1cc(-c2cc(C#CC)ncn2)cs1.N#CC1(c2ccccc2)CC1. The van der Waals surface area contributed by atoms with E-state index in [2.05, 4.69) is 50.9 Å². The number of aliphatic imine (C=N–C) groups is 1. The van der Waals surface area contributed by atoms with Crippen molar-refractivity contribution >= 4 is 17.3 Å². The summed E-state index contributed by atoms with van der Waals surface area (Å²) in [6, 6.07) is 16.4. The number of nitrogens with zero attached hydrogens (tertiary/aromatic N) is 5. The highest BCUT2D eigenvalue weighted by Crippen LogP contribution is 2.47. The molecule has 7 heteroatoms. The molecule has 2 N–H and O–H groups in total. The Morgan fingerprint density at radius 3 is 2.63 bits per heavy atom. The first-order valence-electron chi connectivity index (χ1n) is 11.3. The summed E-state index contributed by atoms with van der Waals surface area (Å²) in [6.45, 7) is 5.61. The van der Waals surface area contributed by atoms with E-state index in [1.807, 2.05) is 56.6 Å². The molecule has 2 aromatic heterocycles. The van der Waals surface area contributed by atoms with Crippen molar-refractivity contribution in [1.29, 1.82) is 5.26 Å². The van der Waals surface area contributed by atoms with E-state index < -0.39 is 0 Å². The molecular formula is C28H30N6S. The molecule has 1 aliphatic rings. The lowest BCUT2D eigenvalue weighted by molar-refractivity contribution is 0.597. The molecule has 35 heavy (non-hydrogen) atoms. The van der Waals surface area contributed by atoms with Crippen molar-refractivity contribution in [2.75, 3.05) is 14.1 Å². The zero-order valence-corrected chi connectivity index (χ0v) is 21.2. The highest BCUT2D eigenvalue weighted by Gasteiger charge is 2.44. The van der Waals surface area contributed by atoms with Crippen LogP contribution in [0.5, 0.6) is 0 Å². The van der Waals surface area contributed by atoms with Crippen LogP contribution < -0.4 is 5.73 Å². The summed E-state index contributed by atoms with van der Waals surface area (Å²) in [5, 5.41) is 10.9. The molecule has 0 spiro atoms. The second-order valence-electron chi connectivity index (χ2n) is 8.38. The van der Waals surface area contributed by atoms with Gasteiger partial charge in [0.05, 0.1) is 23.2 Å². The van der Waals surface area contributed by atoms with Crippen molar-refractivity contribution in [1.82, 2.24) is 14.9 Å². The Bertz CT molecular complexity index is 1270. The van der Waals surface area contributed by atoms with Crippen LogP contribution in [0.2, 0.25) is 0 Å². The summed E-state index contributed by atoms with van der Waals surface area (Å²) in [4.78, 5) is 16.0. The molecule has 0 bridgehead atoms. The van der Waals surface area contributed by atoms with Crippen LogP contribution in [0.1, 0.15) is 48.4 Å². The molecule has 0 amide bonds. The monoisotopic (exact) mass is 482 g/mol. The summed E-state index contributed by atoms with van der Waals surface area (Å²) in [6.07, 6.45) is 6.19. The van der Waals surface area contributed by atoms with Crippen LogP contribution in [-0.2, 0) is 5.41 Å². The van der Waals surface area contributed by atoms with Gasteiger partial charge in [0.2, 0.25) is 0 Å². The highest BCUT2D eigenvalue weighted by atomic mass is 32.1. The second-order valence-corrected chi connectivity index (χ2v) is 9.33. The van der Waals surface area contributed by atoms with E-state index in [1.54, 1.807) is 23.2 Å². The van der Waals surface area contributed by atoms with E-state index in [0.717, 1.165) is 35.4 Å². The maximum Gasteiger partial charge on any atom is 0.191 e. The smallest absolute Gasteiger partial charge is 0.191 e. The minimum Gasteiger partial charge on any atom is -0.370 e. The van der Waals surface area contributed by atoms with Gasteiger partial charge in [-0.2, -0.15) is 5.26 Å². The molecule has 1 saturated carbocycles. The molecule has 2 heterocycles. The third-order valence-electron chi connectivity index (χ3n) is 5.59. The fraction of sp³-hybridized carbons (Fsp3) is 0.286. The summed E-state index contributed by atoms with van der Waals surface area (Å²) in [7, 11) is 3.75. The first kappa shape index (κ1) is 25.7. The Balaban J connectivity index is 0.000000256. The Kier molecular flexibility index (Phi) is 8.78. The number of guanidine groups is 1. The lowest BCUT2D eigenvalue weighted by Crippen LogP contribution is -2.30. The Morgan fingerprint density at radius 2 is 2.03 bits per heavy atom. The predicted octanol–water partition coefficient (Wildman–Crippen LogP) is 5.31. The van der Waals surface area contributed by atoms with Crippen molar-refractivity contribution in [2.24, 2.45) is 10.7 Å². The van der Waals surface area contributed by atoms with Gasteiger partial charge < -0.3 is 10.6 Å².